The van der Waals surface area contributed by atoms with Gasteiger partial charge in [0.05, 0.1) is 31.8 Å². The molecule has 15 heavy (non-hydrogen) atoms. The average Bonchev–Trinajstić information content (AvgIpc) is 2.54. The molecule has 0 saturated heterocycles. The summed E-state index contributed by atoms with van der Waals surface area (Å²) in [5.74, 6) is 0.458. The second-order valence-electron chi connectivity index (χ2n) is 3.24. The maximum absolute atomic E-state index is 11.6. The molecule has 0 saturated carbocycles. The number of hydrogen-bond donors (Lipinski definition) is 0. The van der Waals surface area contributed by atoms with Gasteiger partial charge in [-0.3, -0.25) is 9.59 Å². The van der Waals surface area contributed by atoms with Crippen LogP contribution in [-0.4, -0.2) is 25.8 Å². The molecule has 0 heterocycles. The molecule has 0 N–H and O–H groups in total. The molecule has 1 aromatic rings. The summed E-state index contributed by atoms with van der Waals surface area (Å²) < 4.78 is 10.1. The van der Waals surface area contributed by atoms with E-state index >= 15 is 0 Å². The van der Waals surface area contributed by atoms with Crippen molar-refractivity contribution in [1.82, 2.24) is 0 Å². The van der Waals surface area contributed by atoms with Crippen LogP contribution in [0.25, 0.3) is 0 Å². The largest absolute Gasteiger partial charge is 0.496 e. The van der Waals surface area contributed by atoms with Crippen LogP contribution < -0.4 is 9.47 Å². The van der Waals surface area contributed by atoms with Gasteiger partial charge in [-0.1, -0.05) is 0 Å². The smallest absolute Gasteiger partial charge is 0.175 e. The fraction of sp³-hybridized carbons (Fsp3) is 0.273. The number of carbonyl (C=O) groups is 2. The highest BCUT2D eigenvalue weighted by atomic mass is 16.5. The fourth-order valence-electron chi connectivity index (χ4n) is 1.78. The van der Waals surface area contributed by atoms with Crippen molar-refractivity contribution in [3.63, 3.8) is 0 Å². The predicted molar refractivity (Wildman–Crippen MR) is 52.8 cm³/mol. The summed E-state index contributed by atoms with van der Waals surface area (Å²) in [6.45, 7) is 0. The third kappa shape index (κ3) is 1.29. The lowest BCUT2D eigenvalue weighted by Crippen LogP contribution is -1.99. The van der Waals surface area contributed by atoms with Crippen LogP contribution in [0.5, 0.6) is 11.5 Å². The van der Waals surface area contributed by atoms with E-state index in [0.717, 1.165) is 0 Å². The second-order valence-corrected chi connectivity index (χ2v) is 3.24. The van der Waals surface area contributed by atoms with Crippen molar-refractivity contribution in [3.05, 3.63) is 23.3 Å². The second kappa shape index (κ2) is 3.38. The summed E-state index contributed by atoms with van der Waals surface area (Å²) in [6, 6.07) is 3.27. The summed E-state index contributed by atoms with van der Waals surface area (Å²) in [6.07, 6.45) is -0.0912. The standard InChI is InChI=1S/C11H10O4/c1-14-8-3-4-9(15-2)11-7(13)5-6(12)10(8)11/h3-4H,5H2,1-2H3. The predicted octanol–water partition coefficient (Wildman–Crippen LogP) is 1.47. The van der Waals surface area contributed by atoms with Crippen molar-refractivity contribution in [1.29, 1.82) is 0 Å². The molecule has 0 bridgehead atoms. The van der Waals surface area contributed by atoms with Crippen LogP contribution in [0.1, 0.15) is 27.1 Å². The van der Waals surface area contributed by atoms with E-state index in [1.165, 1.54) is 14.2 Å². The number of hydrogen-bond acceptors (Lipinski definition) is 4. The Bertz CT molecular complexity index is 407. The number of benzene rings is 1. The number of methoxy groups -OCH3 is 2. The molecule has 78 valence electrons. The lowest BCUT2D eigenvalue weighted by atomic mass is 10.1. The Morgan fingerprint density at radius 1 is 0.933 bits per heavy atom. The molecule has 0 atom stereocenters. The van der Waals surface area contributed by atoms with Crippen LogP contribution in [0.2, 0.25) is 0 Å². The van der Waals surface area contributed by atoms with E-state index in [2.05, 4.69) is 0 Å². The Morgan fingerprint density at radius 2 is 1.33 bits per heavy atom. The minimum atomic E-state index is -0.203. The first-order valence-corrected chi connectivity index (χ1v) is 4.50. The molecule has 1 aliphatic rings. The minimum Gasteiger partial charge on any atom is -0.496 e. The van der Waals surface area contributed by atoms with Gasteiger partial charge in [0.2, 0.25) is 0 Å². The first-order chi connectivity index (χ1) is 7.19. The van der Waals surface area contributed by atoms with Gasteiger partial charge in [-0.05, 0) is 12.1 Å². The van der Waals surface area contributed by atoms with E-state index in [0.29, 0.717) is 22.6 Å². The monoisotopic (exact) mass is 206 g/mol. The van der Waals surface area contributed by atoms with Gasteiger partial charge in [0, 0.05) is 0 Å². The third-order valence-corrected chi connectivity index (χ3v) is 2.45. The molecule has 0 fully saturated rings. The first kappa shape index (κ1) is 9.71. The topological polar surface area (TPSA) is 52.6 Å². The Labute approximate surface area is 86.8 Å². The van der Waals surface area contributed by atoms with E-state index in [1.807, 2.05) is 0 Å². The minimum absolute atomic E-state index is 0.0912. The molecular weight excluding hydrogens is 196 g/mol. The molecule has 0 aromatic heterocycles. The van der Waals surface area contributed by atoms with Crippen LogP contribution >= 0.6 is 0 Å². The summed E-state index contributed by atoms with van der Waals surface area (Å²) >= 11 is 0. The van der Waals surface area contributed by atoms with Gasteiger partial charge in [0.25, 0.3) is 0 Å². The van der Waals surface area contributed by atoms with E-state index < -0.39 is 0 Å². The molecule has 0 spiro atoms. The summed E-state index contributed by atoms with van der Waals surface area (Å²) in [5, 5.41) is 0. The maximum Gasteiger partial charge on any atom is 0.175 e. The number of ketones is 2. The van der Waals surface area contributed by atoms with Gasteiger partial charge in [-0.15, -0.1) is 0 Å². The van der Waals surface area contributed by atoms with Crippen molar-refractivity contribution in [3.8, 4) is 11.5 Å². The zero-order valence-electron chi connectivity index (χ0n) is 8.49. The molecule has 1 aliphatic carbocycles. The van der Waals surface area contributed by atoms with E-state index in [-0.39, 0.29) is 18.0 Å². The average molecular weight is 206 g/mol. The van der Waals surface area contributed by atoms with Gasteiger partial charge in [0.1, 0.15) is 11.5 Å². The van der Waals surface area contributed by atoms with Crippen molar-refractivity contribution >= 4 is 11.6 Å². The van der Waals surface area contributed by atoms with Crippen molar-refractivity contribution in [2.45, 2.75) is 6.42 Å². The van der Waals surface area contributed by atoms with E-state index in [1.54, 1.807) is 12.1 Å². The summed E-state index contributed by atoms with van der Waals surface area (Å²) in [5.41, 5.74) is 0.698. The summed E-state index contributed by atoms with van der Waals surface area (Å²) in [4.78, 5) is 23.1. The Hall–Kier alpha value is -1.84. The lowest BCUT2D eigenvalue weighted by molar-refractivity contribution is 0.0921. The van der Waals surface area contributed by atoms with Crippen LogP contribution in [0.3, 0.4) is 0 Å². The van der Waals surface area contributed by atoms with Crippen LogP contribution in [-0.2, 0) is 0 Å². The zero-order valence-corrected chi connectivity index (χ0v) is 8.49. The Balaban J connectivity index is 2.72. The SMILES string of the molecule is COc1ccc(OC)c2c1C(=O)CC2=O. The Kier molecular flexibility index (Phi) is 2.19. The van der Waals surface area contributed by atoms with Gasteiger partial charge in [0.15, 0.2) is 11.6 Å². The molecular formula is C11H10O4. The normalized spacial score (nSPS) is 14.0. The Morgan fingerprint density at radius 3 is 1.67 bits per heavy atom. The lowest BCUT2D eigenvalue weighted by Gasteiger charge is -2.08. The van der Waals surface area contributed by atoms with Gasteiger partial charge in [-0.25, -0.2) is 0 Å². The fourth-order valence-corrected chi connectivity index (χ4v) is 1.78. The van der Waals surface area contributed by atoms with Crippen molar-refractivity contribution in [2.75, 3.05) is 14.2 Å². The zero-order chi connectivity index (χ0) is 11.0. The molecule has 4 nitrogen and oxygen atoms in total. The highest BCUT2D eigenvalue weighted by Gasteiger charge is 2.33. The van der Waals surface area contributed by atoms with Crippen molar-refractivity contribution in [2.24, 2.45) is 0 Å². The maximum atomic E-state index is 11.6. The number of carbonyl (C=O) groups excluding carboxylic acids is 2. The highest BCUT2D eigenvalue weighted by Crippen LogP contribution is 2.36. The third-order valence-electron chi connectivity index (χ3n) is 2.45. The van der Waals surface area contributed by atoms with Crippen LogP contribution in [0.4, 0.5) is 0 Å². The molecule has 0 amide bonds. The van der Waals surface area contributed by atoms with E-state index in [4.69, 9.17) is 9.47 Å². The molecule has 0 radical (unpaired) electrons. The molecule has 1 aromatic carbocycles. The quantitative estimate of drug-likeness (QED) is 0.687. The van der Waals surface area contributed by atoms with Crippen molar-refractivity contribution < 1.29 is 19.1 Å². The van der Waals surface area contributed by atoms with Gasteiger partial charge in [-0.2, -0.15) is 0 Å². The van der Waals surface area contributed by atoms with Gasteiger partial charge >= 0.3 is 0 Å². The molecule has 0 unspecified atom stereocenters. The molecule has 0 aliphatic heterocycles. The number of ether oxygens (including phenoxy) is 2. The highest BCUT2D eigenvalue weighted by molar-refractivity contribution is 6.26. The summed E-state index contributed by atoms with van der Waals surface area (Å²) in [7, 11) is 2.94. The number of rotatable bonds is 2. The van der Waals surface area contributed by atoms with E-state index in [9.17, 15) is 9.59 Å². The number of fused-ring (bicyclic) bond motifs is 1. The molecule has 2 rings (SSSR count). The molecule has 4 heteroatoms. The van der Waals surface area contributed by atoms with Crippen LogP contribution in [0, 0.1) is 0 Å². The van der Waals surface area contributed by atoms with Gasteiger partial charge < -0.3 is 9.47 Å². The first-order valence-electron chi connectivity index (χ1n) is 4.50. The number of Topliss-reactive ketones (excluding diaryl/α,β-unsaturated/α-hetero) is 2. The van der Waals surface area contributed by atoms with Crippen LogP contribution in [0.15, 0.2) is 12.1 Å².